The van der Waals surface area contributed by atoms with E-state index in [-0.39, 0.29) is 3.23 Å². The molecule has 3 rings (SSSR count). The molecule has 0 fully saturated rings. The minimum absolute atomic E-state index is 0.243. The van der Waals surface area contributed by atoms with Crippen LogP contribution < -0.4 is 0 Å². The van der Waals surface area contributed by atoms with Gasteiger partial charge in [-0.25, -0.2) is 0 Å². The summed E-state index contributed by atoms with van der Waals surface area (Å²) in [7, 11) is 0. The Bertz CT molecular complexity index is 573. The number of fused-ring (bicyclic) bond motifs is 3. The third-order valence-electron chi connectivity index (χ3n) is 2.88. The zero-order chi connectivity index (χ0) is 11.3. The van der Waals surface area contributed by atoms with Crippen molar-refractivity contribution < 1.29 is 0 Å². The molecule has 1 aliphatic rings. The molecule has 0 saturated heterocycles. The quantitative estimate of drug-likeness (QED) is 0.516. The molecule has 2 aromatic rings. The summed E-state index contributed by atoms with van der Waals surface area (Å²) in [5, 5.41) is 0. The van der Waals surface area contributed by atoms with Gasteiger partial charge in [-0.1, -0.05) is 78.1 Å². The molecule has 2 aromatic carbocycles. The van der Waals surface area contributed by atoms with Gasteiger partial charge in [0.25, 0.3) is 0 Å². The first kappa shape index (κ1) is 11.0. The molecule has 0 unspecified atom stereocenters. The minimum Gasteiger partial charge on any atom is -0.0620 e. The van der Waals surface area contributed by atoms with Crippen LogP contribution in [-0.4, -0.2) is 0 Å². The normalized spacial score (nSPS) is 15.7. The van der Waals surface area contributed by atoms with Crippen LogP contribution in [0.4, 0.5) is 0 Å². The summed E-state index contributed by atoms with van der Waals surface area (Å²) < 4.78 is 0.867. The lowest BCUT2D eigenvalue weighted by atomic mass is 10.1. The van der Waals surface area contributed by atoms with Crippen LogP contribution in [0.1, 0.15) is 11.1 Å². The third kappa shape index (κ3) is 1.45. The van der Waals surface area contributed by atoms with Crippen molar-refractivity contribution in [3.05, 3.63) is 58.1 Å². The molecular formula is C13H7Br3. The minimum atomic E-state index is -0.243. The summed E-state index contributed by atoms with van der Waals surface area (Å²) in [6.45, 7) is 0. The van der Waals surface area contributed by atoms with Crippen molar-refractivity contribution in [2.45, 2.75) is 3.23 Å². The van der Waals surface area contributed by atoms with Gasteiger partial charge in [-0.05, 0) is 34.4 Å². The fourth-order valence-electron chi connectivity index (χ4n) is 2.15. The number of hydrogen-bond acceptors (Lipinski definition) is 0. The Hall–Kier alpha value is -0.120. The van der Waals surface area contributed by atoms with Gasteiger partial charge in [-0.2, -0.15) is 0 Å². The van der Waals surface area contributed by atoms with Crippen molar-refractivity contribution >= 4 is 47.8 Å². The SMILES string of the molecule is Brc1ccc2c(c1)-c1ccccc1C2(Br)Br. The van der Waals surface area contributed by atoms with E-state index >= 15 is 0 Å². The number of rotatable bonds is 0. The van der Waals surface area contributed by atoms with E-state index in [2.05, 4.69) is 90.3 Å². The van der Waals surface area contributed by atoms with Crippen LogP contribution in [-0.2, 0) is 3.23 Å². The molecule has 0 saturated carbocycles. The molecule has 0 N–H and O–H groups in total. The summed E-state index contributed by atoms with van der Waals surface area (Å²) >= 11 is 11.1. The van der Waals surface area contributed by atoms with E-state index in [4.69, 9.17) is 0 Å². The highest BCUT2D eigenvalue weighted by Gasteiger charge is 2.38. The average molecular weight is 403 g/mol. The summed E-state index contributed by atoms with van der Waals surface area (Å²) in [6, 6.07) is 14.8. The summed E-state index contributed by atoms with van der Waals surface area (Å²) in [5.41, 5.74) is 5.09. The van der Waals surface area contributed by atoms with Crippen LogP contribution in [0.3, 0.4) is 0 Å². The van der Waals surface area contributed by atoms with Gasteiger partial charge in [0.2, 0.25) is 0 Å². The monoisotopic (exact) mass is 400 g/mol. The van der Waals surface area contributed by atoms with E-state index in [1.807, 2.05) is 0 Å². The highest BCUT2D eigenvalue weighted by Crippen LogP contribution is 2.56. The van der Waals surface area contributed by atoms with Crippen LogP contribution in [0, 0.1) is 0 Å². The van der Waals surface area contributed by atoms with Gasteiger partial charge in [0.15, 0.2) is 0 Å². The Kier molecular flexibility index (Phi) is 2.54. The van der Waals surface area contributed by atoms with E-state index < -0.39 is 0 Å². The lowest BCUT2D eigenvalue weighted by Gasteiger charge is -2.16. The summed E-state index contributed by atoms with van der Waals surface area (Å²) in [5.74, 6) is 0. The second kappa shape index (κ2) is 3.69. The molecule has 0 heterocycles. The highest BCUT2D eigenvalue weighted by molar-refractivity contribution is 9.25. The predicted octanol–water partition coefficient (Wildman–Crippen LogP) is 5.42. The number of benzene rings is 2. The lowest BCUT2D eigenvalue weighted by Crippen LogP contribution is -2.05. The van der Waals surface area contributed by atoms with Crippen molar-refractivity contribution in [1.29, 1.82) is 0 Å². The third-order valence-corrected chi connectivity index (χ3v) is 5.08. The van der Waals surface area contributed by atoms with Crippen molar-refractivity contribution in [3.8, 4) is 11.1 Å². The number of alkyl halides is 2. The smallest absolute Gasteiger partial charge is 0.0620 e. The molecule has 0 aromatic heterocycles. The average Bonchev–Trinajstić information content (AvgIpc) is 2.49. The second-order valence-corrected chi connectivity index (χ2v) is 8.17. The molecule has 0 atom stereocenters. The van der Waals surface area contributed by atoms with Crippen molar-refractivity contribution in [3.63, 3.8) is 0 Å². The molecule has 16 heavy (non-hydrogen) atoms. The first-order chi connectivity index (χ1) is 7.60. The summed E-state index contributed by atoms with van der Waals surface area (Å²) in [4.78, 5) is 0. The van der Waals surface area contributed by atoms with Crippen molar-refractivity contribution in [2.75, 3.05) is 0 Å². The maximum atomic E-state index is 3.77. The first-order valence-electron chi connectivity index (χ1n) is 4.88. The number of hydrogen-bond donors (Lipinski definition) is 0. The van der Waals surface area contributed by atoms with Gasteiger partial charge in [-0.15, -0.1) is 0 Å². The topological polar surface area (TPSA) is 0 Å². The molecule has 0 aliphatic heterocycles. The molecule has 0 spiro atoms. The highest BCUT2D eigenvalue weighted by atomic mass is 79.9. The van der Waals surface area contributed by atoms with Crippen LogP contribution in [0.25, 0.3) is 11.1 Å². The van der Waals surface area contributed by atoms with Gasteiger partial charge in [0.1, 0.15) is 3.23 Å². The van der Waals surface area contributed by atoms with Gasteiger partial charge in [0.05, 0.1) is 0 Å². The standard InChI is InChI=1S/C13H7Br3/c14-8-5-6-12-10(7-8)9-3-1-2-4-11(9)13(12,15)16/h1-7H. The molecule has 1 aliphatic carbocycles. The van der Waals surface area contributed by atoms with E-state index in [1.165, 1.54) is 22.3 Å². The van der Waals surface area contributed by atoms with Gasteiger partial charge in [0, 0.05) is 4.47 Å². The Morgan fingerprint density at radius 1 is 0.812 bits per heavy atom. The molecule has 0 radical (unpaired) electrons. The fraction of sp³-hybridized carbons (Fsp3) is 0.0769. The fourth-order valence-corrected chi connectivity index (χ4v) is 3.89. The van der Waals surface area contributed by atoms with Gasteiger partial charge in [-0.3, -0.25) is 0 Å². The molecule has 3 heteroatoms. The molecule has 0 nitrogen and oxygen atoms in total. The van der Waals surface area contributed by atoms with Crippen molar-refractivity contribution in [2.24, 2.45) is 0 Å². The largest absolute Gasteiger partial charge is 0.131 e. The maximum absolute atomic E-state index is 3.77. The Labute approximate surface area is 119 Å². The van der Waals surface area contributed by atoms with E-state index in [0.29, 0.717) is 0 Å². The lowest BCUT2D eigenvalue weighted by molar-refractivity contribution is 1.18. The summed E-state index contributed by atoms with van der Waals surface area (Å²) in [6.07, 6.45) is 0. The van der Waals surface area contributed by atoms with Crippen LogP contribution in [0.2, 0.25) is 0 Å². The first-order valence-corrected chi connectivity index (χ1v) is 7.26. The molecule has 0 bridgehead atoms. The zero-order valence-electron chi connectivity index (χ0n) is 8.18. The van der Waals surface area contributed by atoms with Crippen molar-refractivity contribution in [1.82, 2.24) is 0 Å². The zero-order valence-corrected chi connectivity index (χ0v) is 12.9. The molecular weight excluding hydrogens is 396 g/mol. The van der Waals surface area contributed by atoms with Gasteiger partial charge < -0.3 is 0 Å². The van der Waals surface area contributed by atoms with Crippen LogP contribution in [0.15, 0.2) is 46.9 Å². The maximum Gasteiger partial charge on any atom is 0.131 e. The number of halogens is 3. The van der Waals surface area contributed by atoms with Crippen LogP contribution >= 0.6 is 47.8 Å². The molecule has 80 valence electrons. The van der Waals surface area contributed by atoms with Gasteiger partial charge >= 0.3 is 0 Å². The second-order valence-electron chi connectivity index (χ2n) is 3.81. The Morgan fingerprint density at radius 3 is 2.31 bits per heavy atom. The molecule has 0 amide bonds. The Balaban J connectivity index is 2.40. The van der Waals surface area contributed by atoms with Crippen LogP contribution in [0.5, 0.6) is 0 Å². The van der Waals surface area contributed by atoms with E-state index in [0.717, 1.165) is 4.47 Å². The predicted molar refractivity (Wildman–Crippen MR) is 78.2 cm³/mol. The van der Waals surface area contributed by atoms with E-state index in [9.17, 15) is 0 Å². The Morgan fingerprint density at radius 2 is 1.50 bits per heavy atom. The van der Waals surface area contributed by atoms with E-state index in [1.54, 1.807) is 0 Å².